The number of likely N-dealkylation sites (N-methyl/N-ethyl adjacent to an activating group) is 1. The van der Waals surface area contributed by atoms with Crippen molar-refractivity contribution in [3.63, 3.8) is 0 Å². The van der Waals surface area contributed by atoms with E-state index in [0.717, 1.165) is 10.1 Å². The lowest BCUT2D eigenvalue weighted by molar-refractivity contribution is -0.134. The lowest BCUT2D eigenvalue weighted by Gasteiger charge is -2.23. The van der Waals surface area contributed by atoms with Crippen molar-refractivity contribution in [1.29, 1.82) is 0 Å². The van der Waals surface area contributed by atoms with Crippen LogP contribution in [0.25, 0.3) is 10.1 Å². The first-order chi connectivity index (χ1) is 11.8. The molecule has 3 rings (SSSR count). The lowest BCUT2D eigenvalue weighted by Crippen LogP contribution is -2.40. The summed E-state index contributed by atoms with van der Waals surface area (Å²) < 4.78 is 29.0. The fourth-order valence-electron chi connectivity index (χ4n) is 2.72. The molecular formula is C16H16ClNO5S2. The highest BCUT2D eigenvalue weighted by Gasteiger charge is 2.33. The number of thiophene rings is 1. The molecular weight excluding hydrogens is 386 g/mol. The summed E-state index contributed by atoms with van der Waals surface area (Å²) >= 11 is 7.42. The molecule has 1 aromatic heterocycles. The molecule has 25 heavy (non-hydrogen) atoms. The fourth-order valence-corrected chi connectivity index (χ4v) is 5.90. The van der Waals surface area contributed by atoms with E-state index in [0.29, 0.717) is 11.4 Å². The number of carbonyl (C=O) groups excluding carboxylic acids is 2. The quantitative estimate of drug-likeness (QED) is 0.734. The van der Waals surface area contributed by atoms with Gasteiger partial charge in [0.15, 0.2) is 16.4 Å². The SMILES string of the molecule is CN(C(=O)COC(=O)c1sc2ccccc2c1Cl)C1CCS(=O)(=O)C1. The first-order valence-corrected chi connectivity index (χ1v) is 10.6. The minimum absolute atomic E-state index is 0.0503. The predicted octanol–water partition coefficient (Wildman–Crippen LogP) is 2.36. The number of rotatable bonds is 4. The maximum atomic E-state index is 12.2. The van der Waals surface area contributed by atoms with Gasteiger partial charge in [0.2, 0.25) is 0 Å². The second kappa shape index (κ2) is 6.93. The number of hydrogen-bond donors (Lipinski definition) is 0. The van der Waals surface area contributed by atoms with Crippen LogP contribution in [0.4, 0.5) is 0 Å². The van der Waals surface area contributed by atoms with Crippen molar-refractivity contribution in [2.45, 2.75) is 12.5 Å². The number of sulfone groups is 1. The summed E-state index contributed by atoms with van der Waals surface area (Å²) in [5.41, 5.74) is 0. The molecule has 0 aliphatic carbocycles. The van der Waals surface area contributed by atoms with E-state index in [1.807, 2.05) is 24.3 Å². The van der Waals surface area contributed by atoms with Crippen LogP contribution in [-0.4, -0.2) is 56.4 Å². The zero-order valence-corrected chi connectivity index (χ0v) is 15.8. The van der Waals surface area contributed by atoms with E-state index in [1.165, 1.54) is 23.3 Å². The lowest BCUT2D eigenvalue weighted by atomic mass is 10.2. The second-order valence-corrected chi connectivity index (χ2v) is 9.54. The summed E-state index contributed by atoms with van der Waals surface area (Å²) in [6.07, 6.45) is 0.403. The molecule has 134 valence electrons. The van der Waals surface area contributed by atoms with E-state index < -0.39 is 28.3 Å². The number of carbonyl (C=O) groups is 2. The minimum atomic E-state index is -3.09. The van der Waals surface area contributed by atoms with Gasteiger partial charge in [-0.3, -0.25) is 4.79 Å². The predicted molar refractivity (Wildman–Crippen MR) is 96.9 cm³/mol. The number of amides is 1. The van der Waals surface area contributed by atoms with E-state index >= 15 is 0 Å². The number of fused-ring (bicyclic) bond motifs is 1. The molecule has 0 bridgehead atoms. The molecule has 6 nitrogen and oxygen atoms in total. The smallest absolute Gasteiger partial charge is 0.350 e. The zero-order chi connectivity index (χ0) is 18.2. The second-order valence-electron chi connectivity index (χ2n) is 5.88. The minimum Gasteiger partial charge on any atom is -0.451 e. The van der Waals surface area contributed by atoms with Crippen molar-refractivity contribution in [1.82, 2.24) is 4.90 Å². The van der Waals surface area contributed by atoms with Crippen LogP contribution in [0.3, 0.4) is 0 Å². The van der Waals surface area contributed by atoms with Crippen LogP contribution in [0, 0.1) is 0 Å². The van der Waals surface area contributed by atoms with Gasteiger partial charge in [0.25, 0.3) is 5.91 Å². The van der Waals surface area contributed by atoms with Crippen molar-refractivity contribution in [3.8, 4) is 0 Å². The van der Waals surface area contributed by atoms with Crippen LogP contribution in [-0.2, 0) is 19.4 Å². The van der Waals surface area contributed by atoms with Crippen molar-refractivity contribution < 1.29 is 22.7 Å². The van der Waals surface area contributed by atoms with E-state index in [1.54, 1.807) is 0 Å². The largest absolute Gasteiger partial charge is 0.451 e. The highest BCUT2D eigenvalue weighted by Crippen LogP contribution is 2.35. The summed E-state index contributed by atoms with van der Waals surface area (Å²) in [5, 5.41) is 1.08. The molecule has 0 spiro atoms. The highest BCUT2D eigenvalue weighted by atomic mass is 35.5. The summed E-state index contributed by atoms with van der Waals surface area (Å²) in [6, 6.07) is 6.96. The van der Waals surface area contributed by atoms with E-state index in [4.69, 9.17) is 16.3 Å². The summed E-state index contributed by atoms with van der Waals surface area (Å²) in [5.74, 6) is -1.07. The van der Waals surface area contributed by atoms with Gasteiger partial charge in [-0.1, -0.05) is 29.8 Å². The molecule has 2 heterocycles. The first-order valence-electron chi connectivity index (χ1n) is 7.59. The molecule has 1 aliphatic rings. The number of ether oxygens (including phenoxy) is 1. The Balaban J connectivity index is 1.63. The molecule has 0 saturated carbocycles. The number of nitrogens with zero attached hydrogens (tertiary/aromatic N) is 1. The molecule has 0 radical (unpaired) electrons. The van der Waals surface area contributed by atoms with E-state index in [2.05, 4.69) is 0 Å². The first kappa shape index (κ1) is 18.2. The molecule has 1 unspecified atom stereocenters. The number of hydrogen-bond acceptors (Lipinski definition) is 6. The average molecular weight is 402 g/mol. The molecule has 1 saturated heterocycles. The van der Waals surface area contributed by atoms with Crippen LogP contribution < -0.4 is 0 Å². The molecule has 1 atom stereocenters. The van der Waals surface area contributed by atoms with Crippen molar-refractivity contribution in [2.75, 3.05) is 25.2 Å². The Hall–Kier alpha value is -1.64. The standard InChI is InChI=1S/C16H16ClNO5S2/c1-18(10-6-7-25(21,22)9-10)13(19)8-23-16(20)15-14(17)11-4-2-3-5-12(11)24-15/h2-5,10H,6-9H2,1H3. The summed E-state index contributed by atoms with van der Waals surface area (Å²) in [4.78, 5) is 26.0. The van der Waals surface area contributed by atoms with Gasteiger partial charge in [-0.05, 0) is 12.5 Å². The Kier molecular flexibility index (Phi) is 5.04. The molecule has 1 aromatic carbocycles. The topological polar surface area (TPSA) is 80.8 Å². The van der Waals surface area contributed by atoms with Crippen molar-refractivity contribution in [3.05, 3.63) is 34.2 Å². The van der Waals surface area contributed by atoms with Crippen molar-refractivity contribution in [2.24, 2.45) is 0 Å². The highest BCUT2D eigenvalue weighted by molar-refractivity contribution is 7.91. The van der Waals surface area contributed by atoms with Gasteiger partial charge in [0, 0.05) is 23.2 Å². The Morgan fingerprint density at radius 1 is 1.36 bits per heavy atom. The molecule has 1 amide bonds. The molecule has 1 fully saturated rings. The van der Waals surface area contributed by atoms with Gasteiger partial charge >= 0.3 is 5.97 Å². The Labute approximate surface area is 154 Å². The molecule has 1 aliphatic heterocycles. The Bertz CT molecular complexity index is 937. The number of esters is 1. The number of halogens is 1. The van der Waals surface area contributed by atoms with Crippen LogP contribution >= 0.6 is 22.9 Å². The van der Waals surface area contributed by atoms with Crippen molar-refractivity contribution >= 4 is 54.7 Å². The van der Waals surface area contributed by atoms with Gasteiger partial charge in [0.1, 0.15) is 4.88 Å². The van der Waals surface area contributed by atoms with E-state index in [9.17, 15) is 18.0 Å². The van der Waals surface area contributed by atoms with Gasteiger partial charge in [0.05, 0.1) is 16.5 Å². The average Bonchev–Trinajstić information content (AvgIpc) is 3.12. The van der Waals surface area contributed by atoms with Crippen LogP contribution in [0.2, 0.25) is 5.02 Å². The third kappa shape index (κ3) is 3.80. The van der Waals surface area contributed by atoms with Crippen LogP contribution in [0.1, 0.15) is 16.1 Å². The normalized spacial score (nSPS) is 19.0. The van der Waals surface area contributed by atoms with Crippen LogP contribution in [0.5, 0.6) is 0 Å². The third-order valence-electron chi connectivity index (χ3n) is 4.20. The fraction of sp³-hybridized carbons (Fsp3) is 0.375. The van der Waals surface area contributed by atoms with Gasteiger partial charge < -0.3 is 9.64 Å². The monoisotopic (exact) mass is 401 g/mol. The number of benzene rings is 1. The Morgan fingerprint density at radius 2 is 2.08 bits per heavy atom. The van der Waals surface area contributed by atoms with Gasteiger partial charge in [-0.2, -0.15) is 0 Å². The molecule has 2 aromatic rings. The zero-order valence-electron chi connectivity index (χ0n) is 13.4. The maximum absolute atomic E-state index is 12.2. The summed E-state index contributed by atoms with van der Waals surface area (Å²) in [6.45, 7) is -0.448. The molecule has 0 N–H and O–H groups in total. The molecule has 9 heteroatoms. The van der Waals surface area contributed by atoms with Crippen LogP contribution in [0.15, 0.2) is 24.3 Å². The van der Waals surface area contributed by atoms with Gasteiger partial charge in [-0.25, -0.2) is 13.2 Å². The van der Waals surface area contributed by atoms with E-state index in [-0.39, 0.29) is 22.4 Å². The maximum Gasteiger partial charge on any atom is 0.350 e. The third-order valence-corrected chi connectivity index (χ3v) is 7.60. The Morgan fingerprint density at radius 3 is 2.72 bits per heavy atom. The van der Waals surface area contributed by atoms with Gasteiger partial charge in [-0.15, -0.1) is 11.3 Å². The summed E-state index contributed by atoms with van der Waals surface area (Å²) in [7, 11) is -1.56.